The summed E-state index contributed by atoms with van der Waals surface area (Å²) in [6.07, 6.45) is 5.67. The number of nitrogens with zero attached hydrogens (tertiary/aromatic N) is 3. The van der Waals surface area contributed by atoms with Gasteiger partial charge >= 0.3 is 5.97 Å². The number of carbonyl (C=O) groups is 9. The fourth-order valence-corrected chi connectivity index (χ4v) is 11.1. The number of pyridine rings is 2. The largest absolute Gasteiger partial charge is 0.458 e. The summed E-state index contributed by atoms with van der Waals surface area (Å²) in [4.78, 5) is 136. The zero-order valence-electron chi connectivity index (χ0n) is 46.4. The minimum absolute atomic E-state index is 0.00498. The summed E-state index contributed by atoms with van der Waals surface area (Å²) in [6, 6.07) is 10.1. The number of aromatic nitrogens is 2. The van der Waals surface area contributed by atoms with Crippen LogP contribution < -0.4 is 37.5 Å². The van der Waals surface area contributed by atoms with E-state index < -0.39 is 84.2 Å². The molecule has 430 valence electrons. The van der Waals surface area contributed by atoms with E-state index in [2.05, 4.69) is 31.9 Å². The highest BCUT2D eigenvalue weighted by Crippen LogP contribution is 2.46. The van der Waals surface area contributed by atoms with E-state index in [9.17, 15) is 53.1 Å². The second-order valence-corrected chi connectivity index (χ2v) is 21.4. The molecule has 4 aromatic rings. The highest BCUT2D eigenvalue weighted by molar-refractivity contribution is 6.16. The maximum absolute atomic E-state index is 15.4. The molecule has 7 N–H and O–H groups in total. The first-order valence-electron chi connectivity index (χ1n) is 27.8. The Kier molecular flexibility index (Phi) is 18.3. The molecule has 0 radical (unpaired) electrons. The Hall–Kier alpha value is -8.14. The number of nitrogens with one attached hydrogen (secondary N) is 6. The third-order valence-corrected chi connectivity index (χ3v) is 16.4. The van der Waals surface area contributed by atoms with Gasteiger partial charge in [0.1, 0.15) is 18.5 Å². The van der Waals surface area contributed by atoms with Crippen LogP contribution in [0, 0.1) is 18.2 Å². The topological polar surface area (TPSA) is 293 Å². The number of carbonyl (C=O) groups excluding carboxylic acids is 9. The number of imide groups is 1. The number of aryl methyl sites for hydroxylation is 1. The van der Waals surface area contributed by atoms with Crippen molar-refractivity contribution in [1.29, 1.82) is 0 Å². The number of cyclic esters (lactones) is 1. The fourth-order valence-electron chi connectivity index (χ4n) is 11.1. The summed E-state index contributed by atoms with van der Waals surface area (Å²) in [7, 11) is 0. The van der Waals surface area contributed by atoms with Gasteiger partial charge in [0.15, 0.2) is 5.60 Å². The number of esters is 1. The smallest absolute Gasteiger partial charge is 0.343 e. The quantitative estimate of drug-likeness (QED) is 0.0251. The number of hydrogen-bond donors (Lipinski definition) is 7. The molecular weight excluding hydrogens is 1050 g/mol. The first kappa shape index (κ1) is 59.0. The van der Waals surface area contributed by atoms with Gasteiger partial charge in [-0.3, -0.25) is 48.1 Å². The molecule has 8 rings (SSSR count). The summed E-state index contributed by atoms with van der Waals surface area (Å²) < 4.78 is 22.1. The monoisotopic (exact) mass is 1120 g/mol. The molecule has 0 fully saturated rings. The number of rotatable bonds is 25. The van der Waals surface area contributed by atoms with Gasteiger partial charge in [0.05, 0.1) is 54.7 Å². The first-order chi connectivity index (χ1) is 38.7. The van der Waals surface area contributed by atoms with Crippen LogP contribution in [0.25, 0.3) is 22.3 Å². The van der Waals surface area contributed by atoms with Gasteiger partial charge in [0.25, 0.3) is 17.4 Å². The van der Waals surface area contributed by atoms with Crippen molar-refractivity contribution in [3.05, 3.63) is 109 Å². The van der Waals surface area contributed by atoms with Crippen LogP contribution in [0.4, 0.5) is 4.39 Å². The lowest BCUT2D eigenvalue weighted by Crippen LogP contribution is -2.52. The molecule has 0 bridgehead atoms. The van der Waals surface area contributed by atoms with Crippen molar-refractivity contribution in [3.8, 4) is 11.4 Å². The molecule has 0 saturated heterocycles. The average Bonchev–Trinajstić information content (AvgIpc) is 4.24. The van der Waals surface area contributed by atoms with E-state index in [-0.39, 0.29) is 92.6 Å². The Labute approximate surface area is 467 Å². The van der Waals surface area contributed by atoms with Crippen LogP contribution in [-0.2, 0) is 79.5 Å². The Morgan fingerprint density at radius 3 is 2.26 bits per heavy atom. The van der Waals surface area contributed by atoms with Gasteiger partial charge in [-0.2, -0.15) is 0 Å². The van der Waals surface area contributed by atoms with E-state index in [1.165, 1.54) is 21.6 Å². The zero-order valence-corrected chi connectivity index (χ0v) is 46.4. The minimum atomic E-state index is -2.04. The molecule has 81 heavy (non-hydrogen) atoms. The maximum Gasteiger partial charge on any atom is 0.343 e. The van der Waals surface area contributed by atoms with Crippen LogP contribution in [0.3, 0.4) is 0 Å². The summed E-state index contributed by atoms with van der Waals surface area (Å²) >= 11 is 0. The fraction of sp³-hybridized carbons (Fsp3) is 0.475. The number of fused-ring (bicyclic) bond motifs is 5. The summed E-state index contributed by atoms with van der Waals surface area (Å²) in [5.74, 6) is -5.17. The Balaban J connectivity index is 0.779. The van der Waals surface area contributed by atoms with Gasteiger partial charge in [-0.15, -0.1) is 0 Å². The molecule has 1 aliphatic carbocycles. The Bertz CT molecular complexity index is 3300. The number of aliphatic hydroxyl groups is 1. The van der Waals surface area contributed by atoms with Gasteiger partial charge in [0.2, 0.25) is 35.4 Å². The summed E-state index contributed by atoms with van der Waals surface area (Å²) in [6.45, 7) is 8.00. The molecule has 0 saturated carbocycles. The molecule has 8 amide bonds. The highest BCUT2D eigenvalue weighted by atomic mass is 19.1. The van der Waals surface area contributed by atoms with Crippen molar-refractivity contribution in [2.75, 3.05) is 32.7 Å². The van der Waals surface area contributed by atoms with Gasteiger partial charge in [0, 0.05) is 66.6 Å². The third-order valence-electron chi connectivity index (χ3n) is 16.4. The second kappa shape index (κ2) is 25.1. The number of ether oxygens (including phenoxy) is 1. The van der Waals surface area contributed by atoms with Crippen molar-refractivity contribution >= 4 is 64.1 Å². The summed E-state index contributed by atoms with van der Waals surface area (Å²) in [5, 5.41) is 28.0. The lowest BCUT2D eigenvalue weighted by molar-refractivity contribution is -0.172. The second-order valence-electron chi connectivity index (χ2n) is 21.4. The first-order valence-corrected chi connectivity index (χ1v) is 27.8. The van der Waals surface area contributed by atoms with Gasteiger partial charge < -0.3 is 46.3 Å². The van der Waals surface area contributed by atoms with E-state index in [0.717, 1.165) is 18.4 Å². The van der Waals surface area contributed by atoms with E-state index >= 15 is 4.39 Å². The molecule has 2 aromatic carbocycles. The number of amides is 8. The molecule has 4 aliphatic rings. The third kappa shape index (κ3) is 12.6. The lowest BCUT2D eigenvalue weighted by Gasteiger charge is -2.31. The maximum atomic E-state index is 15.4. The summed E-state index contributed by atoms with van der Waals surface area (Å²) in [5.41, 5.74) is 2.33. The number of hydrogen-bond acceptors (Lipinski definition) is 13. The predicted octanol–water partition coefficient (Wildman–Crippen LogP) is 3.29. The Morgan fingerprint density at radius 1 is 0.840 bits per heavy atom. The molecule has 0 spiro atoms. The lowest BCUT2D eigenvalue weighted by atomic mass is 9.77. The van der Waals surface area contributed by atoms with E-state index in [4.69, 9.17) is 9.72 Å². The van der Waals surface area contributed by atoms with Crippen molar-refractivity contribution in [2.45, 2.75) is 143 Å². The number of halogens is 1. The van der Waals surface area contributed by atoms with E-state index in [1.807, 2.05) is 20.8 Å². The predicted molar refractivity (Wildman–Crippen MR) is 294 cm³/mol. The molecule has 0 unspecified atom stereocenters. The van der Waals surface area contributed by atoms with Crippen molar-refractivity contribution in [1.82, 2.24) is 46.4 Å². The van der Waals surface area contributed by atoms with Crippen LogP contribution in [-0.4, -0.2) is 112 Å². The minimum Gasteiger partial charge on any atom is -0.458 e. The van der Waals surface area contributed by atoms with Crippen molar-refractivity contribution in [2.24, 2.45) is 5.41 Å². The number of benzene rings is 2. The molecule has 22 heteroatoms. The average molecular weight is 1120 g/mol. The SMILES string of the molecule is CCC(C)(CC)C1=CC(=O)N(CCCCCC(=O)NCC(=O)NCC(=O)N[C@@H](Cc2ccccc2)C(=O)NCC(=O)NCCCC(=O)N[C@H]2CCc3c(C)c(F)cc4nc5c(c2c34)Cn2c-5cc3c(c2=O)COC(=O)[C@]3(O)CC)C1=O. The normalized spacial score (nSPS) is 17.3. The molecule has 2 aromatic heterocycles. The Morgan fingerprint density at radius 2 is 1.53 bits per heavy atom. The molecular formula is C59H70FN9O12. The zero-order chi connectivity index (χ0) is 58.3. The molecule has 21 nitrogen and oxygen atoms in total. The van der Waals surface area contributed by atoms with E-state index in [0.29, 0.717) is 82.2 Å². The van der Waals surface area contributed by atoms with Crippen LogP contribution in [0.5, 0.6) is 0 Å². The van der Waals surface area contributed by atoms with Crippen molar-refractivity contribution in [3.63, 3.8) is 0 Å². The van der Waals surface area contributed by atoms with E-state index in [1.54, 1.807) is 50.2 Å². The van der Waals surface area contributed by atoms with Crippen LogP contribution in [0.2, 0.25) is 0 Å². The molecule has 3 atom stereocenters. The van der Waals surface area contributed by atoms with Gasteiger partial charge in [-0.1, -0.05) is 64.4 Å². The van der Waals surface area contributed by atoms with Crippen LogP contribution in [0.1, 0.15) is 137 Å². The standard InChI is InChI=1S/C59H70FN9O12/c1-6-58(5,7-2)39-26-50(75)68(56(39)78)23-14-10-13-18-45(70)62-28-48(73)63-30-49(74)66-43(24-34-16-11-9-12-17-34)54(76)64-29-47(72)61-22-15-19-46(71)65-41-21-20-35-33(4)40(60)27-42-51(35)52(41)36-31-69-44(53(36)67-42)25-38-37(55(69)77)32-81-57(79)59(38,80)8-3/h9,11-12,16-17,25-27,41,43,80H,6-8,10,13-15,18-24,28-32H2,1-5H3,(H,61,72)(H,62,70)(H,63,73)(H,64,76)(H,65,71)(H,66,74)/t41-,43-,59-/m0/s1. The van der Waals surface area contributed by atoms with Crippen LogP contribution in [0.15, 0.2) is 58.9 Å². The molecule has 5 heterocycles. The molecule has 3 aliphatic heterocycles. The van der Waals surface area contributed by atoms with Gasteiger partial charge in [-0.25, -0.2) is 14.2 Å². The number of unbranched alkanes of at least 4 members (excludes halogenated alkanes) is 2. The van der Waals surface area contributed by atoms with Gasteiger partial charge in [-0.05, 0) is 92.0 Å². The highest BCUT2D eigenvalue weighted by Gasteiger charge is 2.46. The van der Waals surface area contributed by atoms with Crippen molar-refractivity contribution < 1.29 is 57.4 Å². The van der Waals surface area contributed by atoms with Crippen LogP contribution >= 0.6 is 0 Å².